The van der Waals surface area contributed by atoms with Crippen LogP contribution in [0.4, 0.5) is 5.82 Å². The second-order valence-corrected chi connectivity index (χ2v) is 5.90. The van der Waals surface area contributed by atoms with Crippen molar-refractivity contribution in [3.63, 3.8) is 0 Å². The smallest absolute Gasteiger partial charge is 0.228 e. The Kier molecular flexibility index (Phi) is 3.84. The Labute approximate surface area is 121 Å². The Bertz CT molecular complexity index is 588. The van der Waals surface area contributed by atoms with Gasteiger partial charge in [0, 0.05) is 12.0 Å². The van der Waals surface area contributed by atoms with E-state index >= 15 is 0 Å². The maximum Gasteiger partial charge on any atom is 0.228 e. The minimum atomic E-state index is -0.00212. The number of aromatic nitrogens is 2. The minimum Gasteiger partial charge on any atom is -0.394 e. The maximum absolute atomic E-state index is 12.0. The minimum absolute atomic E-state index is 0.00212. The van der Waals surface area contributed by atoms with Gasteiger partial charge in [-0.3, -0.25) is 4.79 Å². The molecule has 0 aromatic carbocycles. The van der Waals surface area contributed by atoms with Crippen molar-refractivity contribution in [2.75, 3.05) is 11.9 Å². The van der Waals surface area contributed by atoms with E-state index in [1.165, 1.54) is 0 Å². The van der Waals surface area contributed by atoms with Gasteiger partial charge in [-0.15, -0.1) is 11.3 Å². The maximum atomic E-state index is 12.0. The fourth-order valence-corrected chi connectivity index (χ4v) is 2.91. The molecule has 0 bridgehead atoms. The molecular weight excluding hydrogens is 274 g/mol. The van der Waals surface area contributed by atoms with E-state index in [1.54, 1.807) is 16.0 Å². The van der Waals surface area contributed by atoms with Crippen LogP contribution in [0, 0.1) is 5.92 Å². The number of nitrogens with one attached hydrogen (secondary N) is 1. The van der Waals surface area contributed by atoms with Crippen molar-refractivity contribution < 1.29 is 9.90 Å². The lowest BCUT2D eigenvalue weighted by molar-refractivity contribution is -0.122. The van der Waals surface area contributed by atoms with Crippen LogP contribution >= 0.6 is 11.3 Å². The Morgan fingerprint density at radius 3 is 3.00 bits per heavy atom. The molecule has 2 aromatic rings. The van der Waals surface area contributed by atoms with Crippen molar-refractivity contribution in [3.8, 4) is 10.6 Å². The number of aliphatic hydroxyl groups is 1. The molecule has 1 fully saturated rings. The molecule has 20 heavy (non-hydrogen) atoms. The second-order valence-electron chi connectivity index (χ2n) is 4.96. The summed E-state index contributed by atoms with van der Waals surface area (Å²) in [5.74, 6) is 0.866. The zero-order valence-electron chi connectivity index (χ0n) is 11.1. The average Bonchev–Trinajstić information content (AvgIpc) is 2.97. The van der Waals surface area contributed by atoms with Gasteiger partial charge in [-0.2, -0.15) is 5.10 Å². The van der Waals surface area contributed by atoms with Crippen molar-refractivity contribution >= 4 is 23.1 Å². The molecule has 0 aliphatic heterocycles. The van der Waals surface area contributed by atoms with E-state index in [4.69, 9.17) is 5.11 Å². The predicted octanol–water partition coefficient (Wildman–Crippen LogP) is 2.34. The van der Waals surface area contributed by atoms with Crippen LogP contribution in [0.1, 0.15) is 19.3 Å². The fourth-order valence-electron chi connectivity index (χ4n) is 2.23. The molecule has 5 nitrogen and oxygen atoms in total. The number of carbonyl (C=O) groups is 1. The largest absolute Gasteiger partial charge is 0.394 e. The molecule has 0 atom stereocenters. The number of thiophene rings is 1. The highest BCUT2D eigenvalue weighted by molar-refractivity contribution is 7.13. The first kappa shape index (κ1) is 13.3. The lowest BCUT2D eigenvalue weighted by Gasteiger charge is -2.24. The van der Waals surface area contributed by atoms with Crippen molar-refractivity contribution in [2.24, 2.45) is 5.92 Å². The van der Waals surface area contributed by atoms with Crippen molar-refractivity contribution in [2.45, 2.75) is 25.8 Å². The Hall–Kier alpha value is -1.66. The highest BCUT2D eigenvalue weighted by Crippen LogP contribution is 2.29. The quantitative estimate of drug-likeness (QED) is 0.888. The molecule has 1 amide bonds. The third-order valence-electron chi connectivity index (χ3n) is 3.59. The summed E-state index contributed by atoms with van der Waals surface area (Å²) in [7, 11) is 0. The van der Waals surface area contributed by atoms with E-state index in [9.17, 15) is 4.79 Å². The van der Waals surface area contributed by atoms with Crippen LogP contribution in [0.25, 0.3) is 10.6 Å². The molecule has 3 rings (SSSR count). The number of hydrogen-bond acceptors (Lipinski definition) is 4. The van der Waals surface area contributed by atoms with Gasteiger partial charge in [-0.1, -0.05) is 12.5 Å². The third kappa shape index (κ3) is 2.62. The first-order valence-electron chi connectivity index (χ1n) is 6.81. The normalized spacial score (nSPS) is 15.1. The number of amides is 1. The predicted molar refractivity (Wildman–Crippen MR) is 78.6 cm³/mol. The van der Waals surface area contributed by atoms with E-state index in [2.05, 4.69) is 10.4 Å². The van der Waals surface area contributed by atoms with Gasteiger partial charge in [0.15, 0.2) is 0 Å². The summed E-state index contributed by atoms with van der Waals surface area (Å²) in [5.41, 5.74) is 0.831. The lowest BCUT2D eigenvalue weighted by atomic mass is 9.85. The number of carbonyl (C=O) groups excluding carboxylic acids is 1. The van der Waals surface area contributed by atoms with Crippen LogP contribution in [0.5, 0.6) is 0 Å². The van der Waals surface area contributed by atoms with Gasteiger partial charge >= 0.3 is 0 Å². The van der Waals surface area contributed by atoms with Crippen LogP contribution in [0.2, 0.25) is 0 Å². The topological polar surface area (TPSA) is 67.2 Å². The molecule has 2 aromatic heterocycles. The number of nitrogens with zero attached hydrogens (tertiary/aromatic N) is 2. The summed E-state index contributed by atoms with van der Waals surface area (Å²) in [6, 6.07) is 5.84. The lowest BCUT2D eigenvalue weighted by Crippen LogP contribution is -2.29. The van der Waals surface area contributed by atoms with Gasteiger partial charge in [0.05, 0.1) is 18.0 Å². The van der Waals surface area contributed by atoms with Crippen molar-refractivity contribution in [1.82, 2.24) is 9.78 Å². The summed E-state index contributed by atoms with van der Waals surface area (Å²) >= 11 is 1.61. The number of aliphatic hydroxyl groups excluding tert-OH is 1. The van der Waals surface area contributed by atoms with E-state index in [0.717, 1.165) is 29.8 Å². The molecule has 2 N–H and O–H groups in total. The van der Waals surface area contributed by atoms with E-state index in [-0.39, 0.29) is 18.4 Å². The van der Waals surface area contributed by atoms with Crippen LogP contribution in [-0.2, 0) is 11.3 Å². The van der Waals surface area contributed by atoms with E-state index < -0.39 is 0 Å². The van der Waals surface area contributed by atoms with Crippen molar-refractivity contribution in [1.29, 1.82) is 0 Å². The standard InChI is InChI=1S/C14H17N3O2S/c18-7-6-17-13(15-14(19)10-3-1-4-10)9-11(16-17)12-5-2-8-20-12/h2,5,8-10,18H,1,3-4,6-7H2,(H,15,19). The molecule has 0 spiro atoms. The molecular formula is C14H17N3O2S. The Balaban J connectivity index is 1.82. The summed E-state index contributed by atoms with van der Waals surface area (Å²) in [4.78, 5) is 13.1. The van der Waals surface area contributed by atoms with Crippen LogP contribution in [0.3, 0.4) is 0 Å². The second kappa shape index (κ2) is 5.76. The van der Waals surface area contributed by atoms with Crippen LogP contribution in [-0.4, -0.2) is 27.4 Å². The number of anilines is 1. The van der Waals surface area contributed by atoms with Gasteiger partial charge in [-0.25, -0.2) is 4.68 Å². The third-order valence-corrected chi connectivity index (χ3v) is 4.48. The zero-order valence-corrected chi connectivity index (χ0v) is 11.9. The highest BCUT2D eigenvalue weighted by atomic mass is 32.1. The first-order chi connectivity index (χ1) is 9.78. The summed E-state index contributed by atoms with van der Waals surface area (Å²) < 4.78 is 1.66. The SMILES string of the molecule is O=C(Nc1cc(-c2cccs2)nn1CCO)C1CCC1. The highest BCUT2D eigenvalue weighted by Gasteiger charge is 2.26. The summed E-state index contributed by atoms with van der Waals surface area (Å²) in [6.45, 7) is 0.378. The molecule has 1 saturated carbocycles. The first-order valence-corrected chi connectivity index (χ1v) is 7.69. The van der Waals surface area contributed by atoms with Crippen LogP contribution < -0.4 is 5.32 Å². The Morgan fingerprint density at radius 1 is 1.55 bits per heavy atom. The van der Waals surface area contributed by atoms with E-state index in [0.29, 0.717) is 12.4 Å². The van der Waals surface area contributed by atoms with Gasteiger partial charge in [0.2, 0.25) is 5.91 Å². The molecule has 0 unspecified atom stereocenters. The molecule has 0 radical (unpaired) electrons. The summed E-state index contributed by atoms with van der Waals surface area (Å²) in [5, 5.41) is 18.5. The van der Waals surface area contributed by atoms with Crippen molar-refractivity contribution in [3.05, 3.63) is 23.6 Å². The molecule has 2 heterocycles. The van der Waals surface area contributed by atoms with Gasteiger partial charge in [-0.05, 0) is 24.3 Å². The van der Waals surface area contributed by atoms with E-state index in [1.807, 2.05) is 23.6 Å². The van der Waals surface area contributed by atoms with Gasteiger partial charge in [0.25, 0.3) is 0 Å². The monoisotopic (exact) mass is 291 g/mol. The van der Waals surface area contributed by atoms with Crippen LogP contribution in [0.15, 0.2) is 23.6 Å². The fraction of sp³-hybridized carbons (Fsp3) is 0.429. The van der Waals surface area contributed by atoms with Gasteiger partial charge in [0.1, 0.15) is 11.5 Å². The number of rotatable bonds is 5. The zero-order chi connectivity index (χ0) is 13.9. The summed E-state index contributed by atoms with van der Waals surface area (Å²) in [6.07, 6.45) is 3.07. The van der Waals surface area contributed by atoms with Gasteiger partial charge < -0.3 is 10.4 Å². The molecule has 106 valence electrons. The molecule has 6 heteroatoms. The number of hydrogen-bond donors (Lipinski definition) is 2. The molecule has 1 aliphatic rings. The molecule has 0 saturated heterocycles. The molecule has 1 aliphatic carbocycles. The Morgan fingerprint density at radius 2 is 2.40 bits per heavy atom. The average molecular weight is 291 g/mol.